The fraction of sp³-hybridized carbons (Fsp3) is 0.268. The number of hydrogen-bond donors (Lipinski definition) is 0. The molecule has 0 bridgehead atoms. The largest absolute Gasteiger partial charge is 0.514 e. The number of hydrogen-bond acceptors (Lipinski definition) is 19. The first-order chi connectivity index (χ1) is 30.6. The van der Waals surface area contributed by atoms with E-state index in [4.69, 9.17) is 28.8 Å². The van der Waals surface area contributed by atoms with Crippen molar-refractivity contribution in [2.45, 2.75) is 71.5 Å². The Balaban J connectivity index is 1.15. The molecule has 2 aromatic heterocycles. The minimum Gasteiger partial charge on any atom is -0.457 e. The SMILES string of the molecule is CC[C@@]1(OC(=O)[C@@H](C)ON=C2c3cc([N+](=O)[O-])cc([N+](=O)[O-])c3-c3c2cc([N+](=O)[O-])cc3[N+](=O)[O-])C(=O)OCc2c1cc1n(c2=O)Cc2cc3cc(OC(=O)OC(C)(C)C)ccc3nc2-1. The fourth-order valence-corrected chi connectivity index (χ4v) is 7.85. The van der Waals surface area contributed by atoms with E-state index in [0.717, 1.165) is 19.1 Å². The minimum atomic E-state index is -2.24. The van der Waals surface area contributed by atoms with Crippen molar-refractivity contribution in [2.75, 3.05) is 0 Å². The summed E-state index contributed by atoms with van der Waals surface area (Å²) >= 11 is 0. The number of non-ortho nitro benzene ring substituents is 2. The Labute approximate surface area is 362 Å². The van der Waals surface area contributed by atoms with Gasteiger partial charge in [-0.1, -0.05) is 12.1 Å². The first kappa shape index (κ1) is 43.0. The van der Waals surface area contributed by atoms with Gasteiger partial charge in [-0.15, -0.1) is 0 Å². The number of ether oxygens (including phenoxy) is 4. The molecule has 0 spiro atoms. The number of benzene rings is 3. The molecule has 4 heterocycles. The molecule has 24 heteroatoms. The highest BCUT2D eigenvalue weighted by Gasteiger charge is 2.51. The van der Waals surface area contributed by atoms with E-state index in [9.17, 15) is 59.6 Å². The van der Waals surface area contributed by atoms with Crippen LogP contribution in [0.25, 0.3) is 33.4 Å². The first-order valence-corrected chi connectivity index (χ1v) is 19.3. The van der Waals surface area contributed by atoms with E-state index >= 15 is 0 Å². The monoisotopic (exact) mass is 893 g/mol. The number of aromatic nitrogens is 2. The Morgan fingerprint density at radius 3 is 2.06 bits per heavy atom. The van der Waals surface area contributed by atoms with Crippen LogP contribution in [0.4, 0.5) is 27.5 Å². The maximum atomic E-state index is 14.1. The van der Waals surface area contributed by atoms with Gasteiger partial charge >= 0.3 is 18.1 Å². The summed E-state index contributed by atoms with van der Waals surface area (Å²) in [5.41, 5.74) is -8.05. The molecule has 0 N–H and O–H groups in total. The quantitative estimate of drug-likeness (QED) is 0.0470. The van der Waals surface area contributed by atoms with Crippen molar-refractivity contribution in [3.8, 4) is 28.3 Å². The van der Waals surface area contributed by atoms with Gasteiger partial charge < -0.3 is 28.4 Å². The predicted molar refractivity (Wildman–Crippen MR) is 220 cm³/mol. The molecule has 0 amide bonds. The number of rotatable bonds is 10. The lowest BCUT2D eigenvalue weighted by Crippen LogP contribution is -2.48. The molecule has 8 rings (SSSR count). The van der Waals surface area contributed by atoms with Crippen molar-refractivity contribution in [1.29, 1.82) is 0 Å². The third-order valence-corrected chi connectivity index (χ3v) is 10.7. The molecule has 332 valence electrons. The highest BCUT2D eigenvalue weighted by Crippen LogP contribution is 2.50. The van der Waals surface area contributed by atoms with Gasteiger partial charge in [-0.25, -0.2) is 19.4 Å². The van der Waals surface area contributed by atoms with Crippen molar-refractivity contribution < 1.29 is 57.9 Å². The van der Waals surface area contributed by atoms with E-state index in [1.54, 1.807) is 39.0 Å². The highest BCUT2D eigenvalue weighted by atomic mass is 16.7. The van der Waals surface area contributed by atoms with E-state index in [1.165, 1.54) is 23.6 Å². The Morgan fingerprint density at radius 1 is 0.892 bits per heavy atom. The molecule has 2 atom stereocenters. The van der Waals surface area contributed by atoms with Gasteiger partial charge in [0.25, 0.3) is 28.3 Å². The molecule has 0 unspecified atom stereocenters. The predicted octanol–water partition coefficient (Wildman–Crippen LogP) is 6.42. The number of fused-ring (bicyclic) bond motifs is 8. The second-order valence-corrected chi connectivity index (χ2v) is 15.9. The van der Waals surface area contributed by atoms with Crippen LogP contribution in [0.2, 0.25) is 0 Å². The summed E-state index contributed by atoms with van der Waals surface area (Å²) in [6.07, 6.45) is -2.96. The summed E-state index contributed by atoms with van der Waals surface area (Å²) in [6, 6.07) is 10.7. The molecule has 2 aliphatic heterocycles. The van der Waals surface area contributed by atoms with Crippen molar-refractivity contribution in [3.05, 3.63) is 133 Å². The van der Waals surface area contributed by atoms with Gasteiger partial charge in [-0.2, -0.15) is 0 Å². The molecule has 3 aromatic carbocycles. The third-order valence-electron chi connectivity index (χ3n) is 10.7. The molecular formula is C41H31N7O17. The number of esters is 2. The van der Waals surface area contributed by atoms with Crippen LogP contribution < -0.4 is 10.3 Å². The van der Waals surface area contributed by atoms with E-state index in [0.29, 0.717) is 34.3 Å². The number of carbonyl (C=O) groups excluding carboxylic acids is 3. The van der Waals surface area contributed by atoms with E-state index in [-0.39, 0.29) is 35.5 Å². The lowest BCUT2D eigenvalue weighted by atomic mass is 9.85. The Hall–Kier alpha value is -8.70. The normalized spacial score (nSPS) is 15.9. The lowest BCUT2D eigenvalue weighted by Gasteiger charge is -2.36. The fourth-order valence-electron chi connectivity index (χ4n) is 7.85. The van der Waals surface area contributed by atoms with Gasteiger partial charge in [0.1, 0.15) is 23.7 Å². The summed E-state index contributed by atoms with van der Waals surface area (Å²) in [5.74, 6) is -2.13. The van der Waals surface area contributed by atoms with Crippen molar-refractivity contribution >= 4 is 57.5 Å². The molecule has 0 fully saturated rings. The number of oxime groups is 1. The molecule has 24 nitrogen and oxygen atoms in total. The number of cyclic esters (lactones) is 1. The molecule has 0 saturated carbocycles. The number of carbonyl (C=O) groups is 3. The maximum absolute atomic E-state index is 14.1. The van der Waals surface area contributed by atoms with Crippen molar-refractivity contribution in [1.82, 2.24) is 9.55 Å². The van der Waals surface area contributed by atoms with Crippen LogP contribution >= 0.6 is 0 Å². The molecule has 1 aliphatic carbocycles. The minimum absolute atomic E-state index is 0.00638. The summed E-state index contributed by atoms with van der Waals surface area (Å²) in [5, 5.41) is 52.5. The first-order valence-electron chi connectivity index (χ1n) is 19.3. The zero-order valence-corrected chi connectivity index (χ0v) is 34.5. The lowest BCUT2D eigenvalue weighted by molar-refractivity contribution is -0.395. The van der Waals surface area contributed by atoms with E-state index < -0.39 is 118 Å². The average Bonchev–Trinajstić information content (AvgIpc) is 3.76. The average molecular weight is 894 g/mol. The third kappa shape index (κ3) is 7.24. The van der Waals surface area contributed by atoms with Crippen LogP contribution in [-0.2, 0) is 47.4 Å². The zero-order chi connectivity index (χ0) is 47.0. The smallest absolute Gasteiger partial charge is 0.457 e. The summed E-state index contributed by atoms with van der Waals surface area (Å²) in [4.78, 5) is 108. The van der Waals surface area contributed by atoms with E-state index in [2.05, 4.69) is 5.16 Å². The number of nitro groups is 4. The second-order valence-electron chi connectivity index (χ2n) is 15.9. The maximum Gasteiger partial charge on any atom is 0.514 e. The van der Waals surface area contributed by atoms with Crippen LogP contribution in [-0.4, -0.2) is 64.8 Å². The Morgan fingerprint density at radius 2 is 1.51 bits per heavy atom. The van der Waals surface area contributed by atoms with Crippen LogP contribution in [0.5, 0.6) is 5.75 Å². The topological polar surface area (TPSA) is 317 Å². The van der Waals surface area contributed by atoms with Gasteiger partial charge in [0.05, 0.1) is 72.0 Å². The molecule has 0 radical (unpaired) electrons. The van der Waals surface area contributed by atoms with Gasteiger partial charge in [-0.05, 0) is 64.4 Å². The van der Waals surface area contributed by atoms with Gasteiger partial charge in [0.2, 0.25) is 11.7 Å². The summed E-state index contributed by atoms with van der Waals surface area (Å²) in [6.45, 7) is 7.25. The molecule has 65 heavy (non-hydrogen) atoms. The van der Waals surface area contributed by atoms with Crippen LogP contribution in [0.15, 0.2) is 64.5 Å². The Kier molecular flexibility index (Phi) is 10.1. The Bertz CT molecular complexity index is 3050. The molecule has 5 aromatic rings. The second kappa shape index (κ2) is 15.3. The van der Waals surface area contributed by atoms with Crippen LogP contribution in [0.1, 0.15) is 68.9 Å². The number of pyridine rings is 2. The van der Waals surface area contributed by atoms with Gasteiger partial charge in [0.15, 0.2) is 0 Å². The van der Waals surface area contributed by atoms with Crippen molar-refractivity contribution in [2.24, 2.45) is 5.16 Å². The van der Waals surface area contributed by atoms with Crippen LogP contribution in [0.3, 0.4) is 0 Å². The van der Waals surface area contributed by atoms with Crippen molar-refractivity contribution in [3.63, 3.8) is 0 Å². The van der Waals surface area contributed by atoms with Crippen LogP contribution in [0, 0.1) is 40.5 Å². The number of nitro benzene ring substituents is 4. The summed E-state index contributed by atoms with van der Waals surface area (Å²) in [7, 11) is 0. The molecule has 0 saturated heterocycles. The molecular weight excluding hydrogens is 862 g/mol. The van der Waals surface area contributed by atoms with E-state index in [1.807, 2.05) is 0 Å². The van der Waals surface area contributed by atoms with Gasteiger partial charge in [-0.3, -0.25) is 45.3 Å². The standard InChI is InChI=1S/C41H31N7O17/c1-6-41(27-15-31-34-20(16-44(31)36(49)26(27)17-61-38(41)51)9-19-10-23(7-8-28(19)42-34)62-39(52)64-40(3,4)5)63-37(50)18(2)65-43-35-24-11-21(45(53)54)13-29(47(57)58)32(24)33-25(35)12-22(46(55)56)14-30(33)48(59)60/h7-15,18H,6,16-17H2,1-5H3/t18-,41+/m1/s1. The number of nitrogens with zero attached hydrogens (tertiary/aromatic N) is 7. The highest BCUT2D eigenvalue weighted by molar-refractivity contribution is 6.27. The van der Waals surface area contributed by atoms with Gasteiger partial charge in [0, 0.05) is 39.8 Å². The molecule has 3 aliphatic rings. The zero-order valence-electron chi connectivity index (χ0n) is 34.5. The summed E-state index contributed by atoms with van der Waals surface area (Å²) < 4.78 is 23.2.